The van der Waals surface area contributed by atoms with Crippen LogP contribution in [-0.2, 0) is 22.4 Å². The number of anilines is 1. The number of carbonyl (C=O) groups excluding carboxylic acids is 1. The van der Waals surface area contributed by atoms with Gasteiger partial charge in [0, 0.05) is 19.0 Å². The van der Waals surface area contributed by atoms with Gasteiger partial charge in [-0.1, -0.05) is 19.1 Å². The SMILES string of the molecule is CCc1c(N)cccc1CCOC(C)=O. The number of carbonyl (C=O) groups is 1. The second kappa shape index (κ2) is 5.39. The molecule has 0 saturated heterocycles. The fraction of sp³-hybridized carbons (Fsp3) is 0.417. The van der Waals surface area contributed by atoms with E-state index in [-0.39, 0.29) is 5.97 Å². The molecule has 0 unspecified atom stereocenters. The van der Waals surface area contributed by atoms with E-state index in [4.69, 9.17) is 10.5 Å². The van der Waals surface area contributed by atoms with Crippen LogP contribution in [0.2, 0.25) is 0 Å². The van der Waals surface area contributed by atoms with E-state index < -0.39 is 0 Å². The van der Waals surface area contributed by atoms with Gasteiger partial charge in [-0.3, -0.25) is 4.79 Å². The van der Waals surface area contributed by atoms with Crippen LogP contribution < -0.4 is 5.73 Å². The van der Waals surface area contributed by atoms with Crippen molar-refractivity contribution in [3.8, 4) is 0 Å². The first-order valence-corrected chi connectivity index (χ1v) is 5.14. The first kappa shape index (κ1) is 11.6. The van der Waals surface area contributed by atoms with Gasteiger partial charge in [-0.2, -0.15) is 0 Å². The molecule has 1 aromatic carbocycles. The molecule has 0 amide bonds. The maximum atomic E-state index is 10.6. The van der Waals surface area contributed by atoms with E-state index in [0.29, 0.717) is 6.61 Å². The predicted molar refractivity (Wildman–Crippen MR) is 60.6 cm³/mol. The number of rotatable bonds is 4. The lowest BCUT2D eigenvalue weighted by molar-refractivity contribution is -0.140. The lowest BCUT2D eigenvalue weighted by Gasteiger charge is -2.10. The second-order valence-corrected chi connectivity index (χ2v) is 3.43. The minimum absolute atomic E-state index is 0.239. The third-order valence-electron chi connectivity index (χ3n) is 2.34. The molecule has 0 aliphatic heterocycles. The standard InChI is InChI=1S/C12H17NO2/c1-3-11-10(5-4-6-12(11)13)7-8-15-9(2)14/h4-6H,3,7-8,13H2,1-2H3. The summed E-state index contributed by atoms with van der Waals surface area (Å²) in [7, 11) is 0. The van der Waals surface area contributed by atoms with Crippen molar-refractivity contribution in [3.05, 3.63) is 29.3 Å². The van der Waals surface area contributed by atoms with Gasteiger partial charge >= 0.3 is 5.97 Å². The third kappa shape index (κ3) is 3.27. The average Bonchev–Trinajstić information content (AvgIpc) is 2.17. The summed E-state index contributed by atoms with van der Waals surface area (Å²) in [5.74, 6) is -0.239. The zero-order valence-corrected chi connectivity index (χ0v) is 9.25. The molecule has 0 radical (unpaired) electrons. The van der Waals surface area contributed by atoms with E-state index in [1.165, 1.54) is 12.5 Å². The summed E-state index contributed by atoms with van der Waals surface area (Å²) in [6.45, 7) is 3.91. The Balaban J connectivity index is 2.67. The van der Waals surface area contributed by atoms with Gasteiger partial charge < -0.3 is 10.5 Å². The number of benzene rings is 1. The molecular weight excluding hydrogens is 190 g/mol. The lowest BCUT2D eigenvalue weighted by atomic mass is 10.0. The molecule has 0 spiro atoms. The summed E-state index contributed by atoms with van der Waals surface area (Å²) >= 11 is 0. The zero-order chi connectivity index (χ0) is 11.3. The van der Waals surface area contributed by atoms with Gasteiger partial charge in [0.05, 0.1) is 6.61 Å². The fourth-order valence-electron chi connectivity index (χ4n) is 1.62. The zero-order valence-electron chi connectivity index (χ0n) is 9.25. The Hall–Kier alpha value is -1.51. The summed E-state index contributed by atoms with van der Waals surface area (Å²) in [5.41, 5.74) is 9.00. The van der Waals surface area contributed by atoms with Crippen molar-refractivity contribution in [1.82, 2.24) is 0 Å². The molecule has 82 valence electrons. The van der Waals surface area contributed by atoms with E-state index in [1.54, 1.807) is 0 Å². The molecule has 1 aromatic rings. The Morgan fingerprint density at radius 2 is 2.20 bits per heavy atom. The monoisotopic (exact) mass is 207 g/mol. The van der Waals surface area contributed by atoms with Crippen molar-refractivity contribution in [3.63, 3.8) is 0 Å². The van der Waals surface area contributed by atoms with Gasteiger partial charge in [-0.05, 0) is 23.6 Å². The van der Waals surface area contributed by atoms with Crippen LogP contribution in [0.5, 0.6) is 0 Å². The summed E-state index contributed by atoms with van der Waals surface area (Å²) in [5, 5.41) is 0. The molecule has 0 atom stereocenters. The minimum atomic E-state index is -0.239. The number of hydrogen-bond acceptors (Lipinski definition) is 3. The molecule has 0 aliphatic rings. The normalized spacial score (nSPS) is 10.0. The summed E-state index contributed by atoms with van der Waals surface area (Å²) in [4.78, 5) is 10.6. The Kier molecular flexibility index (Phi) is 4.16. The van der Waals surface area contributed by atoms with Crippen molar-refractivity contribution in [2.24, 2.45) is 0 Å². The summed E-state index contributed by atoms with van der Waals surface area (Å²) in [6.07, 6.45) is 1.63. The van der Waals surface area contributed by atoms with Crippen LogP contribution in [0.4, 0.5) is 5.69 Å². The highest BCUT2D eigenvalue weighted by Gasteiger charge is 2.04. The topological polar surface area (TPSA) is 52.3 Å². The Morgan fingerprint density at radius 1 is 1.47 bits per heavy atom. The van der Waals surface area contributed by atoms with E-state index in [1.807, 2.05) is 18.2 Å². The first-order valence-electron chi connectivity index (χ1n) is 5.14. The van der Waals surface area contributed by atoms with Crippen LogP contribution in [-0.4, -0.2) is 12.6 Å². The van der Waals surface area contributed by atoms with Crippen molar-refractivity contribution in [2.45, 2.75) is 26.7 Å². The second-order valence-electron chi connectivity index (χ2n) is 3.43. The molecule has 1 rings (SSSR count). The Bertz CT molecular complexity index is 347. The number of nitrogen functional groups attached to an aromatic ring is 1. The molecule has 15 heavy (non-hydrogen) atoms. The van der Waals surface area contributed by atoms with Crippen LogP contribution in [0.3, 0.4) is 0 Å². The molecule has 0 aliphatic carbocycles. The maximum absolute atomic E-state index is 10.6. The highest BCUT2D eigenvalue weighted by atomic mass is 16.5. The van der Waals surface area contributed by atoms with E-state index >= 15 is 0 Å². The van der Waals surface area contributed by atoms with E-state index in [2.05, 4.69) is 6.92 Å². The van der Waals surface area contributed by atoms with Crippen molar-refractivity contribution >= 4 is 11.7 Å². The number of nitrogens with two attached hydrogens (primary N) is 1. The predicted octanol–water partition coefficient (Wildman–Crippen LogP) is 1.94. The van der Waals surface area contributed by atoms with Crippen LogP contribution in [0.1, 0.15) is 25.0 Å². The molecule has 0 fully saturated rings. The summed E-state index contributed by atoms with van der Waals surface area (Å²) in [6, 6.07) is 5.85. The molecule has 0 saturated carbocycles. The molecule has 0 bridgehead atoms. The third-order valence-corrected chi connectivity index (χ3v) is 2.34. The molecule has 0 heterocycles. The molecular formula is C12H17NO2. The molecule has 3 nitrogen and oxygen atoms in total. The van der Waals surface area contributed by atoms with Crippen molar-refractivity contribution < 1.29 is 9.53 Å². The lowest BCUT2D eigenvalue weighted by Crippen LogP contribution is -2.06. The van der Waals surface area contributed by atoms with Crippen LogP contribution in [0, 0.1) is 0 Å². The van der Waals surface area contributed by atoms with Gasteiger partial charge in [0.1, 0.15) is 0 Å². The Morgan fingerprint density at radius 3 is 2.80 bits per heavy atom. The number of esters is 1. The molecule has 2 N–H and O–H groups in total. The van der Waals surface area contributed by atoms with Crippen LogP contribution in [0.15, 0.2) is 18.2 Å². The van der Waals surface area contributed by atoms with Gasteiger partial charge in [0.25, 0.3) is 0 Å². The minimum Gasteiger partial charge on any atom is -0.466 e. The smallest absolute Gasteiger partial charge is 0.302 e. The first-order chi connectivity index (χ1) is 7.15. The Labute approximate surface area is 90.2 Å². The molecule has 0 aromatic heterocycles. The van der Waals surface area contributed by atoms with Gasteiger partial charge in [-0.15, -0.1) is 0 Å². The summed E-state index contributed by atoms with van der Waals surface area (Å²) < 4.78 is 4.91. The average molecular weight is 207 g/mol. The van der Waals surface area contributed by atoms with Gasteiger partial charge in [0.2, 0.25) is 0 Å². The largest absolute Gasteiger partial charge is 0.466 e. The van der Waals surface area contributed by atoms with Crippen LogP contribution >= 0.6 is 0 Å². The number of hydrogen-bond donors (Lipinski definition) is 1. The fourth-order valence-corrected chi connectivity index (χ4v) is 1.62. The van der Waals surface area contributed by atoms with Crippen LogP contribution in [0.25, 0.3) is 0 Å². The van der Waals surface area contributed by atoms with Crippen molar-refractivity contribution in [2.75, 3.05) is 12.3 Å². The maximum Gasteiger partial charge on any atom is 0.302 e. The quantitative estimate of drug-likeness (QED) is 0.606. The highest BCUT2D eigenvalue weighted by Crippen LogP contribution is 2.18. The van der Waals surface area contributed by atoms with E-state index in [9.17, 15) is 4.79 Å². The van der Waals surface area contributed by atoms with Gasteiger partial charge in [-0.25, -0.2) is 0 Å². The molecule has 3 heteroatoms. The van der Waals surface area contributed by atoms with Gasteiger partial charge in [0.15, 0.2) is 0 Å². The highest BCUT2D eigenvalue weighted by molar-refractivity contribution is 5.65. The van der Waals surface area contributed by atoms with E-state index in [0.717, 1.165) is 24.1 Å². The van der Waals surface area contributed by atoms with Crippen molar-refractivity contribution in [1.29, 1.82) is 0 Å². The number of ether oxygens (including phenoxy) is 1.